The molecule has 0 unspecified atom stereocenters. The smallest absolute Gasteiger partial charge is 0.303 e. The summed E-state index contributed by atoms with van der Waals surface area (Å²) in [5.74, 6) is -0.865. The fourth-order valence-electron chi connectivity index (χ4n) is 2.12. The lowest BCUT2D eigenvalue weighted by atomic mass is 10.1. The molecule has 0 aliphatic heterocycles. The molecule has 0 aliphatic rings. The molecule has 0 fully saturated rings. The van der Waals surface area contributed by atoms with E-state index in [9.17, 15) is 13.2 Å². The second-order valence-electron chi connectivity index (χ2n) is 4.61. The third-order valence-corrected chi connectivity index (χ3v) is 4.19. The predicted molar refractivity (Wildman–Crippen MR) is 72.0 cm³/mol. The third kappa shape index (κ3) is 2.78. The van der Waals surface area contributed by atoms with Crippen LogP contribution < -0.4 is 0 Å². The van der Waals surface area contributed by atoms with Crippen molar-refractivity contribution in [1.82, 2.24) is 4.57 Å². The molecular weight excluding hydrogens is 266 g/mol. The van der Waals surface area contributed by atoms with Crippen molar-refractivity contribution in [3.8, 4) is 0 Å². The number of benzene rings is 1. The molecule has 5 nitrogen and oxygen atoms in total. The number of aliphatic carboxylic acids is 1. The van der Waals surface area contributed by atoms with Crippen molar-refractivity contribution in [1.29, 1.82) is 0 Å². The first kappa shape index (κ1) is 13.6. The number of aromatic nitrogens is 1. The number of sulfone groups is 1. The minimum atomic E-state index is -3.26. The molecular formula is C13H15NO4S. The Bertz CT molecular complexity index is 743. The molecule has 0 saturated carbocycles. The van der Waals surface area contributed by atoms with Crippen LogP contribution in [0.5, 0.6) is 0 Å². The van der Waals surface area contributed by atoms with E-state index >= 15 is 0 Å². The quantitative estimate of drug-likeness (QED) is 0.923. The topological polar surface area (TPSA) is 76.4 Å². The van der Waals surface area contributed by atoms with Gasteiger partial charge in [0.1, 0.15) is 0 Å². The van der Waals surface area contributed by atoms with Crippen LogP contribution in [0.25, 0.3) is 10.9 Å². The molecule has 1 N–H and O–H groups in total. The lowest BCUT2D eigenvalue weighted by Gasteiger charge is -2.01. The van der Waals surface area contributed by atoms with Crippen molar-refractivity contribution in [2.24, 2.45) is 7.05 Å². The van der Waals surface area contributed by atoms with Crippen molar-refractivity contribution in [3.05, 3.63) is 30.0 Å². The molecule has 0 aliphatic carbocycles. The zero-order valence-electron chi connectivity index (χ0n) is 10.8. The van der Waals surface area contributed by atoms with Gasteiger partial charge in [0.2, 0.25) is 0 Å². The second kappa shape index (κ2) is 4.70. The van der Waals surface area contributed by atoms with E-state index in [1.807, 2.05) is 17.8 Å². The Labute approximate surface area is 111 Å². The first-order valence-electron chi connectivity index (χ1n) is 5.79. The van der Waals surface area contributed by atoms with Crippen LogP contribution >= 0.6 is 0 Å². The third-order valence-electron chi connectivity index (χ3n) is 3.08. The molecule has 2 rings (SSSR count). The van der Waals surface area contributed by atoms with E-state index in [0.717, 1.165) is 22.7 Å². The summed E-state index contributed by atoms with van der Waals surface area (Å²) >= 11 is 0. The number of carboxylic acids is 1. The van der Waals surface area contributed by atoms with Gasteiger partial charge < -0.3 is 9.67 Å². The van der Waals surface area contributed by atoms with Gasteiger partial charge in [-0.25, -0.2) is 8.42 Å². The number of carbonyl (C=O) groups is 1. The first-order valence-corrected chi connectivity index (χ1v) is 7.68. The maximum absolute atomic E-state index is 11.6. The predicted octanol–water partition coefficient (Wildman–Crippen LogP) is 1.60. The lowest BCUT2D eigenvalue weighted by Crippen LogP contribution is -1.98. The van der Waals surface area contributed by atoms with E-state index in [1.54, 1.807) is 18.2 Å². The zero-order chi connectivity index (χ0) is 14.2. The minimum absolute atomic E-state index is 0.0300. The summed E-state index contributed by atoms with van der Waals surface area (Å²) in [7, 11) is -1.40. The van der Waals surface area contributed by atoms with Crippen LogP contribution in [-0.2, 0) is 28.1 Å². The van der Waals surface area contributed by atoms with Gasteiger partial charge in [0.15, 0.2) is 9.84 Å². The van der Waals surface area contributed by atoms with Gasteiger partial charge in [0, 0.05) is 36.8 Å². The van der Waals surface area contributed by atoms with Crippen molar-refractivity contribution in [2.45, 2.75) is 17.7 Å². The normalized spacial score (nSPS) is 11.9. The zero-order valence-corrected chi connectivity index (χ0v) is 11.6. The Morgan fingerprint density at radius 2 is 2.05 bits per heavy atom. The van der Waals surface area contributed by atoms with E-state index in [-0.39, 0.29) is 11.3 Å². The molecule has 19 heavy (non-hydrogen) atoms. The first-order chi connectivity index (χ1) is 8.79. The summed E-state index contributed by atoms with van der Waals surface area (Å²) in [5, 5.41) is 9.53. The van der Waals surface area contributed by atoms with E-state index in [1.165, 1.54) is 0 Å². The van der Waals surface area contributed by atoms with Gasteiger partial charge in [-0.2, -0.15) is 0 Å². The fraction of sp³-hybridized carbons (Fsp3) is 0.308. The molecule has 102 valence electrons. The van der Waals surface area contributed by atoms with Gasteiger partial charge >= 0.3 is 5.97 Å². The van der Waals surface area contributed by atoms with Crippen LogP contribution in [0.3, 0.4) is 0 Å². The summed E-state index contributed by atoms with van der Waals surface area (Å²) < 4.78 is 25.0. The van der Waals surface area contributed by atoms with Crippen LogP contribution in [0.2, 0.25) is 0 Å². The maximum Gasteiger partial charge on any atom is 0.303 e. The Hall–Kier alpha value is -1.82. The van der Waals surface area contributed by atoms with Gasteiger partial charge in [0.05, 0.1) is 4.90 Å². The second-order valence-corrected chi connectivity index (χ2v) is 6.63. The van der Waals surface area contributed by atoms with E-state index in [4.69, 9.17) is 5.11 Å². The van der Waals surface area contributed by atoms with Crippen molar-refractivity contribution >= 4 is 26.7 Å². The molecule has 0 spiro atoms. The molecule has 0 atom stereocenters. The largest absolute Gasteiger partial charge is 0.481 e. The molecule has 2 aromatic rings. The number of hydrogen-bond acceptors (Lipinski definition) is 3. The van der Waals surface area contributed by atoms with Crippen LogP contribution in [0.1, 0.15) is 12.0 Å². The van der Waals surface area contributed by atoms with Gasteiger partial charge in [-0.05, 0) is 30.2 Å². The Balaban J connectivity index is 2.55. The van der Waals surface area contributed by atoms with Gasteiger partial charge in [-0.15, -0.1) is 0 Å². The lowest BCUT2D eigenvalue weighted by molar-refractivity contribution is -0.136. The average Bonchev–Trinajstić information content (AvgIpc) is 2.62. The molecule has 1 aromatic carbocycles. The highest BCUT2D eigenvalue weighted by atomic mass is 32.2. The number of aryl methyl sites for hydroxylation is 2. The van der Waals surface area contributed by atoms with Crippen LogP contribution in [0, 0.1) is 0 Å². The van der Waals surface area contributed by atoms with Gasteiger partial charge in [-0.1, -0.05) is 0 Å². The molecule has 0 bridgehead atoms. The minimum Gasteiger partial charge on any atom is -0.481 e. The number of nitrogens with zero attached hydrogens (tertiary/aromatic N) is 1. The molecule has 0 saturated heterocycles. The Morgan fingerprint density at radius 1 is 1.37 bits per heavy atom. The van der Waals surface area contributed by atoms with Gasteiger partial charge in [0.25, 0.3) is 0 Å². The molecule has 0 amide bonds. The number of fused-ring (bicyclic) bond motifs is 1. The van der Waals surface area contributed by atoms with E-state index in [0.29, 0.717) is 6.42 Å². The van der Waals surface area contributed by atoms with E-state index in [2.05, 4.69) is 0 Å². The highest BCUT2D eigenvalue weighted by Crippen LogP contribution is 2.25. The molecule has 6 heteroatoms. The Kier molecular flexibility index (Phi) is 3.36. The Morgan fingerprint density at radius 3 is 2.63 bits per heavy atom. The van der Waals surface area contributed by atoms with Crippen molar-refractivity contribution < 1.29 is 18.3 Å². The van der Waals surface area contributed by atoms with Crippen molar-refractivity contribution in [2.75, 3.05) is 6.26 Å². The standard InChI is InChI=1S/C13H15NO4S/c1-14-8-9(3-6-13(15)16)11-7-10(19(2,17)18)4-5-12(11)14/h4-5,7-8H,3,6H2,1-2H3,(H,15,16). The highest BCUT2D eigenvalue weighted by molar-refractivity contribution is 7.90. The van der Waals surface area contributed by atoms with E-state index < -0.39 is 15.8 Å². The van der Waals surface area contributed by atoms with Crippen LogP contribution in [-0.4, -0.2) is 30.3 Å². The summed E-state index contributed by atoms with van der Waals surface area (Å²) in [4.78, 5) is 10.9. The molecule has 1 aromatic heterocycles. The molecule has 0 radical (unpaired) electrons. The van der Waals surface area contributed by atoms with Crippen LogP contribution in [0.15, 0.2) is 29.3 Å². The summed E-state index contributed by atoms with van der Waals surface area (Å²) in [6, 6.07) is 4.93. The van der Waals surface area contributed by atoms with Crippen molar-refractivity contribution in [3.63, 3.8) is 0 Å². The summed E-state index contributed by atoms with van der Waals surface area (Å²) in [5.41, 5.74) is 1.75. The van der Waals surface area contributed by atoms with Crippen LogP contribution in [0.4, 0.5) is 0 Å². The maximum atomic E-state index is 11.6. The molecule has 1 heterocycles. The average molecular weight is 281 g/mol. The summed E-state index contributed by atoms with van der Waals surface area (Å²) in [6.45, 7) is 0. The SMILES string of the molecule is Cn1cc(CCC(=O)O)c2cc(S(C)(=O)=O)ccc21. The number of carboxylic acid groups (broad SMARTS) is 1. The fourth-order valence-corrected chi connectivity index (χ4v) is 2.77. The van der Waals surface area contributed by atoms with Gasteiger partial charge in [-0.3, -0.25) is 4.79 Å². The monoisotopic (exact) mass is 281 g/mol. The number of rotatable bonds is 4. The summed E-state index contributed by atoms with van der Waals surface area (Å²) in [6.07, 6.45) is 3.43. The highest BCUT2D eigenvalue weighted by Gasteiger charge is 2.13. The number of hydrogen-bond donors (Lipinski definition) is 1.